The molecule has 0 amide bonds. The minimum Gasteiger partial charge on any atom is -0.391 e. The van der Waals surface area contributed by atoms with E-state index >= 15 is 0 Å². The maximum absolute atomic E-state index is 10.1. The number of carbonyl (C=O) groups excluding carboxylic acids is 1. The molecule has 49 valence electrons. The SMILES string of the molecule is [CH2-]c1ccccc1[C-]=O.[Y]. The van der Waals surface area contributed by atoms with Crippen LogP contribution in [-0.4, -0.2) is 6.29 Å². The van der Waals surface area contributed by atoms with E-state index in [2.05, 4.69) is 6.92 Å². The van der Waals surface area contributed by atoms with Gasteiger partial charge in [-0.25, -0.2) is 12.1 Å². The van der Waals surface area contributed by atoms with Gasteiger partial charge in [-0.15, -0.1) is 12.1 Å². The molecule has 0 fully saturated rings. The van der Waals surface area contributed by atoms with Gasteiger partial charge in [-0.3, -0.25) is 18.1 Å². The summed E-state index contributed by atoms with van der Waals surface area (Å²) < 4.78 is 0. The second-order valence-corrected chi connectivity index (χ2v) is 1.76. The van der Waals surface area contributed by atoms with Gasteiger partial charge in [0.1, 0.15) is 0 Å². The molecule has 0 heterocycles. The van der Waals surface area contributed by atoms with Crippen molar-refractivity contribution in [3.05, 3.63) is 42.3 Å². The van der Waals surface area contributed by atoms with Crippen LogP contribution in [0.25, 0.3) is 0 Å². The zero-order chi connectivity index (χ0) is 6.69. The van der Waals surface area contributed by atoms with Crippen molar-refractivity contribution >= 4 is 6.29 Å². The summed E-state index contributed by atoms with van der Waals surface area (Å²) >= 11 is 0. The molecule has 1 aromatic rings. The Morgan fingerprint density at radius 2 is 1.90 bits per heavy atom. The molecule has 10 heavy (non-hydrogen) atoms. The zero-order valence-electron chi connectivity index (χ0n) is 5.50. The van der Waals surface area contributed by atoms with Crippen LogP contribution in [0.1, 0.15) is 11.1 Å². The molecule has 2 heteroatoms. The van der Waals surface area contributed by atoms with Crippen molar-refractivity contribution in [1.82, 2.24) is 0 Å². The maximum Gasteiger partial charge on any atom is 0 e. The quantitative estimate of drug-likeness (QED) is 0.634. The Morgan fingerprint density at radius 3 is 2.30 bits per heavy atom. The van der Waals surface area contributed by atoms with E-state index in [1.165, 1.54) is 0 Å². The summed E-state index contributed by atoms with van der Waals surface area (Å²) in [5.74, 6) is 0. The number of benzene rings is 1. The Morgan fingerprint density at radius 1 is 1.30 bits per heavy atom. The average molecular weight is 207 g/mol. The molecule has 0 saturated carbocycles. The van der Waals surface area contributed by atoms with E-state index in [-0.39, 0.29) is 32.7 Å². The van der Waals surface area contributed by atoms with E-state index in [1.807, 2.05) is 6.07 Å². The molecule has 1 nitrogen and oxygen atoms in total. The zero-order valence-corrected chi connectivity index (χ0v) is 8.34. The van der Waals surface area contributed by atoms with Gasteiger partial charge in [-0.1, -0.05) is 0 Å². The summed E-state index contributed by atoms with van der Waals surface area (Å²) in [6.07, 6.45) is 1.78. The van der Waals surface area contributed by atoms with Crippen molar-refractivity contribution in [1.29, 1.82) is 0 Å². The smallest absolute Gasteiger partial charge is 0 e. The molecule has 0 saturated heterocycles. The van der Waals surface area contributed by atoms with Crippen LogP contribution in [0, 0.1) is 6.92 Å². The Hall–Kier alpha value is -0.136. The van der Waals surface area contributed by atoms with E-state index in [1.54, 1.807) is 24.5 Å². The fourth-order valence-electron chi connectivity index (χ4n) is 0.620. The van der Waals surface area contributed by atoms with Crippen LogP contribution in [0.3, 0.4) is 0 Å². The Kier molecular flexibility index (Phi) is 4.58. The molecule has 0 N–H and O–H groups in total. The van der Waals surface area contributed by atoms with Gasteiger partial charge in [0, 0.05) is 32.7 Å². The van der Waals surface area contributed by atoms with Crippen LogP contribution < -0.4 is 0 Å². The first-order chi connectivity index (χ1) is 4.34. The summed E-state index contributed by atoms with van der Waals surface area (Å²) in [5.41, 5.74) is 1.27. The largest absolute Gasteiger partial charge is 0.391 e. The molecule has 0 aliphatic carbocycles. The number of rotatable bonds is 1. The third kappa shape index (κ3) is 2.24. The molecule has 0 unspecified atom stereocenters. The van der Waals surface area contributed by atoms with Crippen LogP contribution in [0.2, 0.25) is 0 Å². The normalized spacial score (nSPS) is 8.00. The van der Waals surface area contributed by atoms with Gasteiger partial charge < -0.3 is 4.79 Å². The summed E-state index contributed by atoms with van der Waals surface area (Å²) in [6.45, 7) is 3.63. The van der Waals surface area contributed by atoms with Gasteiger partial charge in [-0.2, -0.15) is 0 Å². The molecule has 1 radical (unpaired) electrons. The van der Waals surface area contributed by atoms with Crippen molar-refractivity contribution in [3.8, 4) is 0 Å². The molecule has 0 bridgehead atoms. The molecule has 1 rings (SSSR count). The number of hydrogen-bond acceptors (Lipinski definition) is 1. The first kappa shape index (κ1) is 9.86. The van der Waals surface area contributed by atoms with Gasteiger partial charge in [0.25, 0.3) is 0 Å². The fraction of sp³-hybridized carbons (Fsp3) is 0. The Bertz CT molecular complexity index is 220. The Labute approximate surface area is 85.7 Å². The molecular formula is C8H6OY-2. The second kappa shape index (κ2) is 4.64. The third-order valence-electron chi connectivity index (χ3n) is 1.13. The van der Waals surface area contributed by atoms with E-state index in [9.17, 15) is 4.79 Å². The van der Waals surface area contributed by atoms with Gasteiger partial charge in [0.2, 0.25) is 0 Å². The minimum absolute atomic E-state index is 0. The molecule has 1 aromatic carbocycles. The van der Waals surface area contributed by atoms with E-state index < -0.39 is 0 Å². The molecule has 0 aliphatic rings. The van der Waals surface area contributed by atoms with Crippen molar-refractivity contribution in [2.24, 2.45) is 0 Å². The van der Waals surface area contributed by atoms with Crippen LogP contribution in [0.15, 0.2) is 24.3 Å². The summed E-state index contributed by atoms with van der Waals surface area (Å²) in [7, 11) is 0. The molecule has 0 aliphatic heterocycles. The topological polar surface area (TPSA) is 17.1 Å². The van der Waals surface area contributed by atoms with Gasteiger partial charge in [0.05, 0.1) is 0 Å². The fourth-order valence-corrected chi connectivity index (χ4v) is 0.620. The molecular weight excluding hydrogens is 201 g/mol. The van der Waals surface area contributed by atoms with Crippen molar-refractivity contribution in [2.75, 3.05) is 0 Å². The van der Waals surface area contributed by atoms with E-state index in [0.717, 1.165) is 5.56 Å². The monoisotopic (exact) mass is 207 g/mol. The number of hydrogen-bond donors (Lipinski definition) is 0. The summed E-state index contributed by atoms with van der Waals surface area (Å²) in [5, 5.41) is 0. The predicted octanol–water partition coefficient (Wildman–Crippen LogP) is 1.32. The summed E-state index contributed by atoms with van der Waals surface area (Å²) in [6, 6.07) is 7.09. The summed E-state index contributed by atoms with van der Waals surface area (Å²) in [4.78, 5) is 10.1. The van der Waals surface area contributed by atoms with Crippen molar-refractivity contribution in [2.45, 2.75) is 0 Å². The van der Waals surface area contributed by atoms with Crippen LogP contribution in [-0.2, 0) is 37.5 Å². The van der Waals surface area contributed by atoms with Gasteiger partial charge in [-0.05, 0) is 6.29 Å². The molecule has 0 aromatic heterocycles. The first-order valence-corrected chi connectivity index (χ1v) is 2.64. The second-order valence-electron chi connectivity index (χ2n) is 1.76. The third-order valence-corrected chi connectivity index (χ3v) is 1.13. The molecule has 0 spiro atoms. The van der Waals surface area contributed by atoms with E-state index in [4.69, 9.17) is 0 Å². The minimum atomic E-state index is 0. The maximum atomic E-state index is 10.1. The Balaban J connectivity index is 0.000000810. The van der Waals surface area contributed by atoms with Crippen LogP contribution in [0.5, 0.6) is 0 Å². The standard InChI is InChI=1S/C8H6O.Y/c1-7-4-2-3-5-8(7)6-9;/h2-5H,1H2;/q-2;. The van der Waals surface area contributed by atoms with Crippen LogP contribution in [0.4, 0.5) is 0 Å². The van der Waals surface area contributed by atoms with E-state index in [0.29, 0.717) is 5.56 Å². The van der Waals surface area contributed by atoms with Crippen molar-refractivity contribution < 1.29 is 37.5 Å². The van der Waals surface area contributed by atoms with Gasteiger partial charge in [0.15, 0.2) is 0 Å². The van der Waals surface area contributed by atoms with Gasteiger partial charge >= 0.3 is 0 Å². The first-order valence-electron chi connectivity index (χ1n) is 2.64. The molecule has 0 atom stereocenters. The van der Waals surface area contributed by atoms with Crippen molar-refractivity contribution in [3.63, 3.8) is 0 Å². The predicted molar refractivity (Wildman–Crippen MR) is 35.7 cm³/mol. The van der Waals surface area contributed by atoms with Crippen LogP contribution >= 0.6 is 0 Å². The average Bonchev–Trinajstić information content (AvgIpc) is 1.89.